The van der Waals surface area contributed by atoms with Gasteiger partial charge in [0.2, 0.25) is 0 Å². The van der Waals surface area contributed by atoms with E-state index in [0.29, 0.717) is 23.2 Å². The van der Waals surface area contributed by atoms with Crippen LogP contribution in [-0.2, 0) is 14.4 Å². The van der Waals surface area contributed by atoms with Crippen LogP contribution in [0, 0.1) is 0 Å². The van der Waals surface area contributed by atoms with E-state index in [1.54, 1.807) is 0 Å². The summed E-state index contributed by atoms with van der Waals surface area (Å²) < 4.78 is 0.550. The first-order valence-electron chi connectivity index (χ1n) is 5.22. The van der Waals surface area contributed by atoms with Gasteiger partial charge in [0.05, 0.1) is 33.1 Å². The van der Waals surface area contributed by atoms with Crippen molar-refractivity contribution in [3.8, 4) is 0 Å². The Hall–Kier alpha value is -1.16. The van der Waals surface area contributed by atoms with Crippen LogP contribution in [0.4, 0.5) is 0 Å². The molecule has 110 valence electrons. The van der Waals surface area contributed by atoms with Crippen LogP contribution in [0.2, 0.25) is 0 Å². The average Bonchev–Trinajstić information content (AvgIpc) is 2.10. The molecule has 0 saturated carbocycles. The van der Waals surface area contributed by atoms with Crippen molar-refractivity contribution in [2.75, 3.05) is 27.7 Å². The fourth-order valence-corrected chi connectivity index (χ4v) is 1.03. The van der Waals surface area contributed by atoms with Gasteiger partial charge in [0, 0.05) is 12.4 Å². The number of rotatable bonds is 6. The van der Waals surface area contributed by atoms with E-state index in [1.807, 2.05) is 21.1 Å². The van der Waals surface area contributed by atoms with E-state index in [9.17, 15) is 29.7 Å². The fourth-order valence-electron chi connectivity index (χ4n) is 1.03. The van der Waals surface area contributed by atoms with Crippen LogP contribution in [0.15, 0.2) is 12.2 Å². The molecule has 0 aliphatic rings. The number of carboxylic acid groups (broad SMARTS) is 3. The molecular weight excluding hydrogens is 282 g/mol. The number of carboxylic acids is 3. The molecule has 0 radical (unpaired) electrons. The predicted octanol–water partition coefficient (Wildman–Crippen LogP) is -5.14. The van der Waals surface area contributed by atoms with Crippen molar-refractivity contribution in [1.82, 2.24) is 0 Å². The molecule has 0 bridgehead atoms. The number of quaternary nitrogens is 1. The van der Waals surface area contributed by atoms with Crippen molar-refractivity contribution in [3.63, 3.8) is 0 Å². The third kappa shape index (κ3) is 25.6. The van der Waals surface area contributed by atoms with Crippen molar-refractivity contribution < 1.29 is 39.3 Å². The van der Waals surface area contributed by atoms with E-state index >= 15 is 0 Å². The van der Waals surface area contributed by atoms with Crippen LogP contribution in [0.1, 0.15) is 6.42 Å². The monoisotopic (exact) mass is 299 g/mol. The molecule has 1 unspecified atom stereocenters. The zero-order valence-corrected chi connectivity index (χ0v) is 13.1. The average molecular weight is 300 g/mol. The summed E-state index contributed by atoms with van der Waals surface area (Å²) in [5.74, 6) is -4.30. The molecule has 0 aromatic heterocycles. The number of aliphatic hydroxyl groups is 1. The summed E-state index contributed by atoms with van der Waals surface area (Å²) >= 11 is 0. The minimum atomic E-state index is -1.55. The number of aliphatic carboxylic acids is 3. The van der Waals surface area contributed by atoms with E-state index in [2.05, 4.69) is 0 Å². The zero-order valence-electron chi connectivity index (χ0n) is 11.7. The number of nitrogens with zero attached hydrogens (tertiary/aromatic N) is 1. The minimum Gasteiger partial charge on any atom is -0.550 e. The van der Waals surface area contributed by atoms with Crippen molar-refractivity contribution in [2.24, 2.45) is 0 Å². The summed E-state index contributed by atoms with van der Waals surface area (Å²) in [5.41, 5.74) is 0. The number of carbonyl (C=O) groups excluding carboxylic acids is 3. The summed E-state index contributed by atoms with van der Waals surface area (Å²) in [4.78, 5) is 28.8. The molecule has 0 saturated heterocycles. The molecule has 8 nitrogen and oxygen atoms in total. The van der Waals surface area contributed by atoms with Crippen LogP contribution in [-0.4, -0.2) is 84.3 Å². The van der Waals surface area contributed by atoms with E-state index in [0.717, 1.165) is 0 Å². The molecule has 0 amide bonds. The number of aliphatic hydroxyl groups excluding tert-OH is 1. The Balaban J connectivity index is -0.000000288. The molecule has 0 fully saturated rings. The van der Waals surface area contributed by atoms with E-state index in [-0.39, 0.29) is 29.5 Å². The Morgan fingerprint density at radius 3 is 1.60 bits per heavy atom. The van der Waals surface area contributed by atoms with E-state index in [4.69, 9.17) is 5.11 Å². The first kappa shape index (κ1) is 23.9. The predicted molar refractivity (Wildman–Crippen MR) is 63.4 cm³/mol. The topological polar surface area (TPSA) is 141 Å². The molecule has 9 heteroatoms. The van der Waals surface area contributed by atoms with Gasteiger partial charge in [0.1, 0.15) is 12.6 Å². The molecule has 0 rings (SSSR count). The Morgan fingerprint density at radius 1 is 1.05 bits per heavy atom. The van der Waals surface area contributed by atoms with Gasteiger partial charge in [-0.25, -0.2) is 0 Å². The smallest absolute Gasteiger partial charge is 0.550 e. The molecule has 0 spiro atoms. The summed E-state index contributed by atoms with van der Waals surface area (Å²) in [5, 5.41) is 38.0. The van der Waals surface area contributed by atoms with Crippen LogP contribution in [0.5, 0.6) is 0 Å². The Bertz CT molecular complexity index is 333. The van der Waals surface area contributed by atoms with Gasteiger partial charge in [-0.2, -0.15) is 0 Å². The van der Waals surface area contributed by atoms with Gasteiger partial charge in [-0.1, -0.05) is 0 Å². The molecular formula is C11H17MgNO7. The van der Waals surface area contributed by atoms with Crippen LogP contribution < -0.4 is 15.3 Å². The molecule has 0 aromatic carbocycles. The maximum absolute atomic E-state index is 10.0. The van der Waals surface area contributed by atoms with Crippen LogP contribution in [0.3, 0.4) is 0 Å². The maximum atomic E-state index is 10.0. The van der Waals surface area contributed by atoms with Crippen molar-refractivity contribution in [3.05, 3.63) is 12.2 Å². The fraction of sp³-hybridized carbons (Fsp3) is 0.545. The first-order chi connectivity index (χ1) is 8.44. The van der Waals surface area contributed by atoms with Gasteiger partial charge in [-0.3, -0.25) is 0 Å². The number of hydrogen-bond acceptors (Lipinski definition) is 7. The van der Waals surface area contributed by atoms with Gasteiger partial charge < -0.3 is 39.3 Å². The largest absolute Gasteiger partial charge is 2.00 e. The zero-order chi connectivity index (χ0) is 15.6. The van der Waals surface area contributed by atoms with E-state index in [1.165, 1.54) is 0 Å². The summed E-state index contributed by atoms with van der Waals surface area (Å²) in [6.07, 6.45) is -0.319. The van der Waals surface area contributed by atoms with Crippen LogP contribution >= 0.6 is 0 Å². The number of hydrogen-bond donors (Lipinski definition) is 1. The van der Waals surface area contributed by atoms with Crippen molar-refractivity contribution >= 4 is 41.0 Å². The third-order valence-corrected chi connectivity index (χ3v) is 1.52. The molecule has 1 N–H and O–H groups in total. The standard InChI is InChI=1S/C7H15NO3.C4H4O4.Mg/c1-8(2,3)5-6(9)4-7(10)11;5-3(6)1-2-4(7)8;/h6,9H,4-5H2,1-3H3;1-2H,(H,5,6)(H,7,8);/q;;+2/p-2/b;2-1+;. The number of carbonyl (C=O) groups is 3. The Kier molecular flexibility index (Phi) is 13.9. The van der Waals surface area contributed by atoms with Crippen LogP contribution in [0.25, 0.3) is 0 Å². The van der Waals surface area contributed by atoms with Gasteiger partial charge in [0.15, 0.2) is 0 Å². The first-order valence-corrected chi connectivity index (χ1v) is 5.22. The molecule has 1 atom stereocenters. The quantitative estimate of drug-likeness (QED) is 0.294. The summed E-state index contributed by atoms with van der Waals surface area (Å²) in [7, 11) is 5.66. The van der Waals surface area contributed by atoms with Crippen molar-refractivity contribution in [1.29, 1.82) is 0 Å². The molecule has 0 aliphatic heterocycles. The summed E-state index contributed by atoms with van der Waals surface area (Å²) in [6, 6.07) is 0. The van der Waals surface area contributed by atoms with Gasteiger partial charge in [0.25, 0.3) is 0 Å². The second-order valence-electron chi connectivity index (χ2n) is 4.67. The van der Waals surface area contributed by atoms with Gasteiger partial charge >= 0.3 is 23.1 Å². The number of likely N-dealkylation sites (N-methyl/N-ethyl adjacent to an activating group) is 1. The van der Waals surface area contributed by atoms with E-state index < -0.39 is 24.0 Å². The second kappa shape index (κ2) is 11.6. The Morgan fingerprint density at radius 2 is 1.40 bits per heavy atom. The molecule has 0 aliphatic carbocycles. The minimum absolute atomic E-state index is 0. The molecule has 0 heterocycles. The maximum Gasteiger partial charge on any atom is 2.00 e. The summed E-state index contributed by atoms with van der Waals surface area (Å²) in [6.45, 7) is 0.425. The van der Waals surface area contributed by atoms with Gasteiger partial charge in [-0.15, -0.1) is 0 Å². The second-order valence-corrected chi connectivity index (χ2v) is 4.67. The normalized spacial score (nSPS) is 11.8. The Labute approximate surface area is 133 Å². The molecule has 0 aromatic rings. The molecule has 20 heavy (non-hydrogen) atoms. The third-order valence-electron chi connectivity index (χ3n) is 1.52. The van der Waals surface area contributed by atoms with Crippen molar-refractivity contribution in [2.45, 2.75) is 12.5 Å². The SMILES string of the molecule is C[N+](C)(C)CC(O)CC(=O)[O-].O=C([O-])/C=C/C(=O)[O-].[Mg+2]. The van der Waals surface area contributed by atoms with Gasteiger partial charge in [-0.05, 0) is 12.2 Å².